The topological polar surface area (TPSA) is 9.23 Å². The largest absolute Gasteiger partial charge is 0.378 e. The second kappa shape index (κ2) is 4.10. The van der Waals surface area contributed by atoms with E-state index in [0.717, 1.165) is 17.9 Å². The first kappa shape index (κ1) is 10.5. The van der Waals surface area contributed by atoms with Gasteiger partial charge in [-0.05, 0) is 32.6 Å². The van der Waals surface area contributed by atoms with Crippen molar-refractivity contribution in [1.29, 1.82) is 0 Å². The SMILES string of the molecule is CC(C)OCC(C)(CBr)C1CC1. The summed E-state index contributed by atoms with van der Waals surface area (Å²) in [6.45, 7) is 7.42. The minimum Gasteiger partial charge on any atom is -0.378 e. The Bertz CT molecular complexity index is 143. The first-order chi connectivity index (χ1) is 5.58. The fourth-order valence-electron chi connectivity index (χ4n) is 1.40. The molecule has 1 rings (SSSR count). The maximum Gasteiger partial charge on any atom is 0.0533 e. The van der Waals surface area contributed by atoms with Crippen molar-refractivity contribution in [3.05, 3.63) is 0 Å². The van der Waals surface area contributed by atoms with Crippen LogP contribution in [-0.2, 0) is 4.74 Å². The van der Waals surface area contributed by atoms with E-state index in [1.54, 1.807) is 0 Å². The molecule has 0 aromatic rings. The Kier molecular flexibility index (Phi) is 3.59. The fourth-order valence-corrected chi connectivity index (χ4v) is 2.02. The quantitative estimate of drug-likeness (QED) is 0.665. The van der Waals surface area contributed by atoms with E-state index in [0.29, 0.717) is 11.5 Å². The van der Waals surface area contributed by atoms with Crippen LogP contribution in [0.2, 0.25) is 0 Å². The van der Waals surface area contributed by atoms with Gasteiger partial charge in [-0.2, -0.15) is 0 Å². The van der Waals surface area contributed by atoms with Crippen LogP contribution in [-0.4, -0.2) is 18.0 Å². The zero-order valence-corrected chi connectivity index (χ0v) is 9.86. The average molecular weight is 235 g/mol. The lowest BCUT2D eigenvalue weighted by Gasteiger charge is -2.28. The van der Waals surface area contributed by atoms with Crippen LogP contribution in [0.1, 0.15) is 33.6 Å². The third-order valence-electron chi connectivity index (χ3n) is 2.61. The average Bonchev–Trinajstić information content (AvgIpc) is 2.82. The van der Waals surface area contributed by atoms with Gasteiger partial charge in [-0.1, -0.05) is 22.9 Å². The van der Waals surface area contributed by atoms with Crippen molar-refractivity contribution in [3.63, 3.8) is 0 Å². The molecule has 0 bridgehead atoms. The summed E-state index contributed by atoms with van der Waals surface area (Å²) in [5.41, 5.74) is 0.379. The fraction of sp³-hybridized carbons (Fsp3) is 1.00. The van der Waals surface area contributed by atoms with Gasteiger partial charge in [0.15, 0.2) is 0 Å². The lowest BCUT2D eigenvalue weighted by Crippen LogP contribution is -2.29. The van der Waals surface area contributed by atoms with Crippen LogP contribution in [0.5, 0.6) is 0 Å². The summed E-state index contributed by atoms with van der Waals surface area (Å²) >= 11 is 3.58. The summed E-state index contributed by atoms with van der Waals surface area (Å²) in [4.78, 5) is 0. The van der Waals surface area contributed by atoms with Gasteiger partial charge in [-0.3, -0.25) is 0 Å². The Balaban J connectivity index is 2.33. The molecule has 0 amide bonds. The maximum atomic E-state index is 5.67. The molecular weight excluding hydrogens is 216 g/mol. The van der Waals surface area contributed by atoms with Gasteiger partial charge in [0.25, 0.3) is 0 Å². The molecule has 1 aliphatic carbocycles. The third kappa shape index (κ3) is 2.74. The normalized spacial score (nSPS) is 22.8. The summed E-state index contributed by atoms with van der Waals surface area (Å²) in [5, 5.41) is 1.07. The highest BCUT2D eigenvalue weighted by Crippen LogP contribution is 2.46. The van der Waals surface area contributed by atoms with E-state index in [1.807, 2.05) is 0 Å². The van der Waals surface area contributed by atoms with Crippen LogP contribution in [0.15, 0.2) is 0 Å². The second-order valence-corrected chi connectivity index (χ2v) is 4.98. The zero-order valence-electron chi connectivity index (χ0n) is 8.27. The Morgan fingerprint density at radius 2 is 2.08 bits per heavy atom. The van der Waals surface area contributed by atoms with Crippen LogP contribution < -0.4 is 0 Å². The molecule has 1 aliphatic rings. The second-order valence-electron chi connectivity index (χ2n) is 4.42. The van der Waals surface area contributed by atoms with Crippen molar-refractivity contribution in [1.82, 2.24) is 0 Å². The van der Waals surface area contributed by atoms with E-state index >= 15 is 0 Å². The van der Waals surface area contributed by atoms with Gasteiger partial charge in [0.05, 0.1) is 12.7 Å². The van der Waals surface area contributed by atoms with E-state index in [2.05, 4.69) is 36.7 Å². The van der Waals surface area contributed by atoms with Crippen LogP contribution in [0.3, 0.4) is 0 Å². The van der Waals surface area contributed by atoms with Gasteiger partial charge in [-0.15, -0.1) is 0 Å². The standard InChI is InChI=1S/C10H19BrO/c1-8(2)12-7-10(3,6-11)9-4-5-9/h8-9H,4-7H2,1-3H3. The van der Waals surface area contributed by atoms with Crippen LogP contribution in [0, 0.1) is 11.3 Å². The van der Waals surface area contributed by atoms with Crippen molar-refractivity contribution >= 4 is 15.9 Å². The van der Waals surface area contributed by atoms with Crippen molar-refractivity contribution < 1.29 is 4.74 Å². The van der Waals surface area contributed by atoms with E-state index in [-0.39, 0.29) is 0 Å². The molecule has 1 unspecified atom stereocenters. The number of rotatable bonds is 5. The van der Waals surface area contributed by atoms with Gasteiger partial charge >= 0.3 is 0 Å². The van der Waals surface area contributed by atoms with Gasteiger partial charge in [-0.25, -0.2) is 0 Å². The van der Waals surface area contributed by atoms with Crippen LogP contribution in [0.25, 0.3) is 0 Å². The van der Waals surface area contributed by atoms with Crippen molar-refractivity contribution in [2.24, 2.45) is 11.3 Å². The monoisotopic (exact) mass is 234 g/mol. The molecule has 1 nitrogen and oxygen atoms in total. The minimum atomic E-state index is 0.363. The smallest absolute Gasteiger partial charge is 0.0533 e. The molecule has 2 heteroatoms. The molecule has 0 radical (unpaired) electrons. The highest BCUT2D eigenvalue weighted by Gasteiger charge is 2.40. The maximum absolute atomic E-state index is 5.67. The highest BCUT2D eigenvalue weighted by atomic mass is 79.9. The van der Waals surface area contributed by atoms with E-state index < -0.39 is 0 Å². The molecule has 0 heterocycles. The molecule has 1 fully saturated rings. The predicted octanol–water partition coefficient (Wildman–Crippen LogP) is 3.22. The molecule has 72 valence electrons. The van der Waals surface area contributed by atoms with Gasteiger partial charge in [0.1, 0.15) is 0 Å². The molecule has 0 aliphatic heterocycles. The lowest BCUT2D eigenvalue weighted by molar-refractivity contribution is 0.0152. The summed E-state index contributed by atoms with van der Waals surface area (Å²) in [6.07, 6.45) is 3.15. The number of ether oxygens (including phenoxy) is 1. The van der Waals surface area contributed by atoms with Crippen molar-refractivity contribution in [2.75, 3.05) is 11.9 Å². The third-order valence-corrected chi connectivity index (χ3v) is 3.90. The van der Waals surface area contributed by atoms with E-state index in [4.69, 9.17) is 4.74 Å². The molecule has 0 aromatic heterocycles. The summed E-state index contributed by atoms with van der Waals surface area (Å²) < 4.78 is 5.67. The Morgan fingerprint density at radius 3 is 2.42 bits per heavy atom. The molecule has 0 spiro atoms. The van der Waals surface area contributed by atoms with Gasteiger partial charge in [0, 0.05) is 10.7 Å². The summed E-state index contributed by atoms with van der Waals surface area (Å²) in [6, 6.07) is 0. The van der Waals surface area contributed by atoms with E-state index in [1.165, 1.54) is 12.8 Å². The Morgan fingerprint density at radius 1 is 1.50 bits per heavy atom. The van der Waals surface area contributed by atoms with E-state index in [9.17, 15) is 0 Å². The van der Waals surface area contributed by atoms with Gasteiger partial charge < -0.3 is 4.74 Å². The Hall–Kier alpha value is 0.440. The summed E-state index contributed by atoms with van der Waals surface area (Å²) in [5.74, 6) is 0.899. The van der Waals surface area contributed by atoms with Crippen LogP contribution in [0.4, 0.5) is 0 Å². The number of halogens is 1. The molecular formula is C10H19BrO. The lowest BCUT2D eigenvalue weighted by atomic mass is 9.88. The predicted molar refractivity (Wildman–Crippen MR) is 55.7 cm³/mol. The zero-order chi connectivity index (χ0) is 9.19. The molecule has 0 saturated heterocycles. The number of alkyl halides is 1. The molecule has 0 N–H and O–H groups in total. The van der Waals surface area contributed by atoms with Crippen LogP contribution >= 0.6 is 15.9 Å². The number of hydrogen-bond acceptors (Lipinski definition) is 1. The van der Waals surface area contributed by atoms with Crippen molar-refractivity contribution in [2.45, 2.75) is 39.7 Å². The summed E-state index contributed by atoms with van der Waals surface area (Å²) in [7, 11) is 0. The molecule has 0 aromatic carbocycles. The Labute approximate surface area is 84.0 Å². The minimum absolute atomic E-state index is 0.363. The number of hydrogen-bond donors (Lipinski definition) is 0. The first-order valence-corrected chi connectivity index (χ1v) is 5.88. The first-order valence-electron chi connectivity index (χ1n) is 4.76. The molecule has 12 heavy (non-hydrogen) atoms. The molecule has 1 atom stereocenters. The molecule has 1 saturated carbocycles. The van der Waals surface area contributed by atoms with Gasteiger partial charge in [0.2, 0.25) is 0 Å². The highest BCUT2D eigenvalue weighted by molar-refractivity contribution is 9.09. The van der Waals surface area contributed by atoms with Crippen molar-refractivity contribution in [3.8, 4) is 0 Å².